The quantitative estimate of drug-likeness (QED) is 0.579. The van der Waals surface area contributed by atoms with Crippen molar-refractivity contribution in [3.05, 3.63) is 52.3 Å². The third-order valence-electron chi connectivity index (χ3n) is 5.01. The van der Waals surface area contributed by atoms with Crippen molar-refractivity contribution in [2.75, 3.05) is 5.75 Å². The van der Waals surface area contributed by atoms with Gasteiger partial charge in [0.15, 0.2) is 21.4 Å². The number of aromatic nitrogens is 2. The zero-order chi connectivity index (χ0) is 19.2. The van der Waals surface area contributed by atoms with Crippen LogP contribution in [0.15, 0.2) is 41.1 Å². The van der Waals surface area contributed by atoms with Gasteiger partial charge in [-0.15, -0.1) is 0 Å². The maximum atomic E-state index is 13.2. The summed E-state index contributed by atoms with van der Waals surface area (Å²) in [6.07, 6.45) is 5.75. The van der Waals surface area contributed by atoms with Crippen molar-refractivity contribution in [3.63, 3.8) is 0 Å². The van der Waals surface area contributed by atoms with Gasteiger partial charge < -0.3 is 0 Å². The summed E-state index contributed by atoms with van der Waals surface area (Å²) >= 11 is 6.45. The molecule has 2 aromatic rings. The Balaban J connectivity index is 1.86. The number of fused-ring (bicyclic) bond motifs is 1. The van der Waals surface area contributed by atoms with Gasteiger partial charge in [-0.3, -0.25) is 9.59 Å². The largest absolute Gasteiger partial charge is 0.294 e. The molecule has 0 fully saturated rings. The lowest BCUT2D eigenvalue weighted by Crippen LogP contribution is -2.23. The molecule has 1 aliphatic carbocycles. The molecule has 1 aliphatic heterocycles. The second-order valence-electron chi connectivity index (χ2n) is 6.70. The zero-order valence-electron chi connectivity index (χ0n) is 14.4. The number of ketones is 2. The Hall–Kier alpha value is -2.25. The molecule has 140 valence electrons. The summed E-state index contributed by atoms with van der Waals surface area (Å²) in [5.41, 5.74) is 1.29. The lowest BCUT2D eigenvalue weighted by molar-refractivity contribution is -0.115. The van der Waals surface area contributed by atoms with Crippen LogP contribution in [0.3, 0.4) is 0 Å². The lowest BCUT2D eigenvalue weighted by atomic mass is 9.88. The van der Waals surface area contributed by atoms with Crippen LogP contribution in [0.5, 0.6) is 0 Å². The number of Topliss-reactive ketones (excluding diaryl/α,β-unsaturated/α-hetero) is 2. The van der Waals surface area contributed by atoms with Gasteiger partial charge in [0.2, 0.25) is 0 Å². The van der Waals surface area contributed by atoms with Crippen LogP contribution in [0, 0.1) is 0 Å². The molecule has 0 saturated carbocycles. The molecule has 1 aromatic heterocycles. The molecule has 0 bridgehead atoms. The molecule has 6 nitrogen and oxygen atoms in total. The highest BCUT2D eigenvalue weighted by molar-refractivity contribution is 7.91. The number of nitrogens with zero attached hydrogens (tertiary/aromatic N) is 2. The van der Waals surface area contributed by atoms with Gasteiger partial charge in [-0.05, 0) is 49.4 Å². The highest BCUT2D eigenvalue weighted by Crippen LogP contribution is 2.36. The van der Waals surface area contributed by atoms with E-state index in [1.54, 1.807) is 23.1 Å². The van der Waals surface area contributed by atoms with E-state index < -0.39 is 15.6 Å². The van der Waals surface area contributed by atoms with E-state index in [0.717, 1.165) is 0 Å². The minimum absolute atomic E-state index is 0.0801. The van der Waals surface area contributed by atoms with E-state index >= 15 is 0 Å². The lowest BCUT2D eigenvalue weighted by Gasteiger charge is -2.21. The molecular formula is C19H17ClN2O4S. The summed E-state index contributed by atoms with van der Waals surface area (Å²) < 4.78 is 26.0. The van der Waals surface area contributed by atoms with Crippen LogP contribution in [-0.4, -0.2) is 35.5 Å². The molecule has 2 heterocycles. The molecule has 0 unspecified atom stereocenters. The van der Waals surface area contributed by atoms with Crippen molar-refractivity contribution >= 4 is 38.7 Å². The molecule has 27 heavy (non-hydrogen) atoms. The number of allylic oxidation sites excluding steroid dienone is 2. The third kappa shape index (κ3) is 3.04. The second kappa shape index (κ2) is 6.73. The van der Waals surface area contributed by atoms with Crippen molar-refractivity contribution in [3.8, 4) is 0 Å². The van der Waals surface area contributed by atoms with E-state index in [2.05, 4.69) is 5.10 Å². The predicted octanol–water partition coefficient (Wildman–Crippen LogP) is 3.10. The highest BCUT2D eigenvalue weighted by atomic mass is 35.5. The fourth-order valence-corrected chi connectivity index (χ4v) is 5.73. The van der Waals surface area contributed by atoms with E-state index in [0.29, 0.717) is 43.4 Å². The summed E-state index contributed by atoms with van der Waals surface area (Å²) in [5.74, 6) is -0.629. The van der Waals surface area contributed by atoms with E-state index in [1.807, 2.05) is 0 Å². The van der Waals surface area contributed by atoms with Crippen LogP contribution >= 0.6 is 11.6 Å². The number of hydrogen-bond donors (Lipinski definition) is 0. The Morgan fingerprint density at radius 1 is 1.15 bits per heavy atom. The first-order valence-electron chi connectivity index (χ1n) is 8.75. The first-order valence-corrected chi connectivity index (χ1v) is 10.8. The van der Waals surface area contributed by atoms with Crippen molar-refractivity contribution < 1.29 is 18.0 Å². The molecule has 0 saturated heterocycles. The van der Waals surface area contributed by atoms with E-state index in [9.17, 15) is 18.0 Å². The van der Waals surface area contributed by atoms with Gasteiger partial charge in [0.25, 0.3) is 0 Å². The number of carbonyl (C=O) groups excluding carboxylic acids is 2. The minimum Gasteiger partial charge on any atom is -0.294 e. The van der Waals surface area contributed by atoms with Gasteiger partial charge >= 0.3 is 0 Å². The van der Waals surface area contributed by atoms with Crippen molar-refractivity contribution in [2.24, 2.45) is 0 Å². The Morgan fingerprint density at radius 2 is 1.96 bits per heavy atom. The van der Waals surface area contributed by atoms with Crippen LogP contribution in [-0.2, 0) is 21.1 Å². The van der Waals surface area contributed by atoms with Crippen LogP contribution in [0.4, 0.5) is 0 Å². The number of sulfone groups is 1. The molecule has 1 aromatic carbocycles. The highest BCUT2D eigenvalue weighted by Gasteiger charge is 2.32. The van der Waals surface area contributed by atoms with Gasteiger partial charge in [0.1, 0.15) is 0 Å². The van der Waals surface area contributed by atoms with Gasteiger partial charge in [-0.1, -0.05) is 11.6 Å². The third-order valence-corrected chi connectivity index (χ3v) is 7.32. The van der Waals surface area contributed by atoms with Gasteiger partial charge in [-0.25, -0.2) is 13.1 Å². The maximum absolute atomic E-state index is 13.2. The molecule has 0 radical (unpaired) electrons. The first-order chi connectivity index (χ1) is 12.9. The summed E-state index contributed by atoms with van der Waals surface area (Å²) in [5, 5.41) is 4.29. The standard InChI is InChI=1S/C19H17ClN2O4S/c20-18-12-4-2-11-27(25,26)16(12)8-7-13(18)19(24)17-14(5-1-6-15(17)23)22-10-3-9-21-22/h3,7-10H,1-2,4-6,11H2. The normalized spacial score (nSPS) is 19.1. The molecule has 0 N–H and O–H groups in total. The van der Waals surface area contributed by atoms with Crippen molar-refractivity contribution in [1.82, 2.24) is 9.78 Å². The average molecular weight is 405 g/mol. The molecule has 4 rings (SSSR count). The fourth-order valence-electron chi connectivity index (χ4n) is 3.73. The maximum Gasteiger partial charge on any atom is 0.199 e. The zero-order valence-corrected chi connectivity index (χ0v) is 16.0. The van der Waals surface area contributed by atoms with Crippen LogP contribution in [0.1, 0.15) is 41.6 Å². The van der Waals surface area contributed by atoms with Crippen LogP contribution in [0.2, 0.25) is 5.02 Å². The van der Waals surface area contributed by atoms with E-state index in [4.69, 9.17) is 11.6 Å². The topological polar surface area (TPSA) is 86.1 Å². The second-order valence-corrected chi connectivity index (χ2v) is 9.16. The monoisotopic (exact) mass is 404 g/mol. The first kappa shape index (κ1) is 18.1. The SMILES string of the molecule is O=C1CCCC(n2cccn2)=C1C(=O)c1ccc2c(c1Cl)CCCS2(=O)=O. The Morgan fingerprint density at radius 3 is 2.70 bits per heavy atom. The summed E-state index contributed by atoms with van der Waals surface area (Å²) in [7, 11) is -3.38. The minimum atomic E-state index is -3.38. The Bertz CT molecular complexity index is 1090. The summed E-state index contributed by atoms with van der Waals surface area (Å²) in [4.78, 5) is 26.0. The number of halogens is 1. The van der Waals surface area contributed by atoms with E-state index in [-0.39, 0.29) is 32.6 Å². The summed E-state index contributed by atoms with van der Waals surface area (Å²) in [6, 6.07) is 4.58. The Labute approximate surface area is 161 Å². The van der Waals surface area contributed by atoms with Gasteiger partial charge in [0, 0.05) is 24.4 Å². The number of hydrogen-bond acceptors (Lipinski definition) is 5. The summed E-state index contributed by atoms with van der Waals surface area (Å²) in [6.45, 7) is 0. The molecule has 0 atom stereocenters. The number of rotatable bonds is 3. The van der Waals surface area contributed by atoms with Crippen LogP contribution < -0.4 is 0 Å². The van der Waals surface area contributed by atoms with Crippen molar-refractivity contribution in [2.45, 2.75) is 37.0 Å². The van der Waals surface area contributed by atoms with Crippen LogP contribution in [0.25, 0.3) is 5.70 Å². The predicted molar refractivity (Wildman–Crippen MR) is 100 cm³/mol. The fraction of sp³-hybridized carbons (Fsp3) is 0.316. The van der Waals surface area contributed by atoms with Crippen molar-refractivity contribution in [1.29, 1.82) is 0 Å². The average Bonchev–Trinajstić information content (AvgIpc) is 3.16. The van der Waals surface area contributed by atoms with Gasteiger partial charge in [0.05, 0.1) is 26.9 Å². The molecule has 8 heteroatoms. The number of carbonyl (C=O) groups is 2. The van der Waals surface area contributed by atoms with E-state index in [1.165, 1.54) is 12.1 Å². The smallest absolute Gasteiger partial charge is 0.199 e. The Kier molecular flexibility index (Phi) is 4.52. The molecule has 0 spiro atoms. The van der Waals surface area contributed by atoms with Gasteiger partial charge in [-0.2, -0.15) is 5.10 Å². The number of benzene rings is 1. The molecular weight excluding hydrogens is 388 g/mol. The molecule has 2 aliphatic rings. The molecule has 0 amide bonds.